The molecule has 0 aliphatic rings. The summed E-state index contributed by atoms with van der Waals surface area (Å²) in [6.07, 6.45) is 0. The molecule has 0 saturated heterocycles. The first-order valence-corrected chi connectivity index (χ1v) is 22.3. The van der Waals surface area contributed by atoms with E-state index in [0.29, 0.717) is 39.9 Å². The number of fused-ring (bicyclic) bond motifs is 6. The Morgan fingerprint density at radius 1 is 0.386 bits per heavy atom. The van der Waals surface area contributed by atoms with Gasteiger partial charge in [0.05, 0.1) is 46.9 Å². The van der Waals surface area contributed by atoms with Crippen molar-refractivity contribution in [3.8, 4) is 91.4 Å². The van der Waals surface area contributed by atoms with Crippen molar-refractivity contribution in [2.24, 2.45) is 0 Å². The van der Waals surface area contributed by atoms with E-state index >= 15 is 0 Å². The number of hydrogen-bond acceptors (Lipinski definition) is 7. The summed E-state index contributed by atoms with van der Waals surface area (Å²) in [7, 11) is 0. The summed E-state index contributed by atoms with van der Waals surface area (Å²) in [5.41, 5.74) is 13.3. The van der Waals surface area contributed by atoms with Crippen molar-refractivity contribution >= 4 is 49.4 Å². The first kappa shape index (κ1) is 41.0. The van der Waals surface area contributed by atoms with Crippen LogP contribution >= 0.6 is 0 Å². The Hall–Kier alpha value is -10.5. The Balaban J connectivity index is 1.14. The number of aromatic nitrogens is 4. The van der Waals surface area contributed by atoms with Gasteiger partial charge >= 0.3 is 0 Å². The van der Waals surface area contributed by atoms with E-state index in [0.717, 1.165) is 99.5 Å². The molecule has 0 fully saturated rings. The largest absolute Gasteiger partial charge is 0.456 e. The molecule has 3 aromatic heterocycles. The molecule has 0 amide bonds. The number of rotatable bonds is 7. The fourth-order valence-electron chi connectivity index (χ4n) is 9.37. The van der Waals surface area contributed by atoms with E-state index in [1.54, 1.807) is 36.4 Å². The molecule has 0 aliphatic heterocycles. The average Bonchev–Trinajstić information content (AvgIpc) is 3.97. The third-order valence-corrected chi connectivity index (χ3v) is 12.6. The van der Waals surface area contributed by atoms with Gasteiger partial charge in [0.2, 0.25) is 0 Å². The molecule has 0 spiro atoms. The predicted octanol–water partition coefficient (Wildman–Crippen LogP) is 15.0. The molecule has 0 bridgehead atoms. The van der Waals surface area contributed by atoms with E-state index < -0.39 is 0 Å². The van der Waals surface area contributed by atoms with Crippen LogP contribution in [0.25, 0.3) is 122 Å². The number of hydrogen-bond donors (Lipinski definition) is 0. The zero-order valence-corrected chi connectivity index (χ0v) is 37.0. The zero-order valence-electron chi connectivity index (χ0n) is 37.0. The highest BCUT2D eigenvalue weighted by atomic mass is 16.3. The molecule has 322 valence electrons. The van der Waals surface area contributed by atoms with Crippen molar-refractivity contribution in [3.63, 3.8) is 0 Å². The molecule has 12 rings (SSSR count). The van der Waals surface area contributed by atoms with Gasteiger partial charge in [-0.2, -0.15) is 15.8 Å². The Kier molecular flexibility index (Phi) is 9.82. The van der Waals surface area contributed by atoms with Crippen molar-refractivity contribution in [2.45, 2.75) is 0 Å². The lowest BCUT2D eigenvalue weighted by atomic mass is 9.97. The molecule has 0 unspecified atom stereocenters. The lowest BCUT2D eigenvalue weighted by Crippen LogP contribution is -2.02. The van der Waals surface area contributed by atoms with E-state index in [1.807, 2.05) is 97.1 Å². The van der Waals surface area contributed by atoms with Crippen LogP contribution in [0.4, 0.5) is 5.69 Å². The minimum absolute atomic E-state index is 0.375. The molecule has 0 atom stereocenters. The number of para-hydroxylation sites is 1. The molecular formula is C61H32N8O. The second-order valence-electron chi connectivity index (χ2n) is 16.9. The Labute approximate surface area is 401 Å². The molecule has 9 heteroatoms. The zero-order chi connectivity index (χ0) is 47.3. The first-order chi connectivity index (χ1) is 34.4. The van der Waals surface area contributed by atoms with Gasteiger partial charge in [-0.15, -0.1) is 0 Å². The Bertz CT molecular complexity index is 4040. The van der Waals surface area contributed by atoms with Gasteiger partial charge in [0.25, 0.3) is 0 Å². The van der Waals surface area contributed by atoms with Gasteiger partial charge < -0.3 is 8.98 Å². The summed E-state index contributed by atoms with van der Waals surface area (Å²) < 4.78 is 8.50. The molecule has 70 heavy (non-hydrogen) atoms. The molecule has 3 heterocycles. The molecule has 12 aromatic rings. The van der Waals surface area contributed by atoms with Gasteiger partial charge in [0.15, 0.2) is 23.2 Å². The van der Waals surface area contributed by atoms with Gasteiger partial charge in [-0.05, 0) is 130 Å². The standard InChI is InChI=1S/C61H32N8O/c1-65-49-26-39(36-64)25-46(28-49)43-17-20-56-53(32-43)52-31-42(45-23-37(34-62)22-38(24-45)35-63)16-19-55(52)69(56)50-29-47(44-18-21-58-54(33-44)51-14-8-9-15-57(51)70-58)27-48(30-50)61-67-59(40-10-4-2-5-11-40)66-60(68-61)41-12-6-3-7-13-41/h2-33H. The maximum Gasteiger partial charge on any atom is 0.189 e. The average molecular weight is 893 g/mol. The minimum atomic E-state index is 0.375. The second kappa shape index (κ2) is 16.8. The van der Waals surface area contributed by atoms with Gasteiger partial charge in [-0.3, -0.25) is 0 Å². The summed E-state index contributed by atoms with van der Waals surface area (Å²) in [5, 5.41) is 33.6. The van der Waals surface area contributed by atoms with Crippen molar-refractivity contribution in [3.05, 3.63) is 222 Å². The van der Waals surface area contributed by atoms with Crippen LogP contribution in [0.15, 0.2) is 199 Å². The van der Waals surface area contributed by atoms with Crippen LogP contribution in [0.1, 0.15) is 16.7 Å². The van der Waals surface area contributed by atoms with E-state index in [-0.39, 0.29) is 0 Å². The van der Waals surface area contributed by atoms with Crippen LogP contribution < -0.4 is 0 Å². The summed E-state index contributed by atoms with van der Waals surface area (Å²) >= 11 is 0. The monoisotopic (exact) mass is 892 g/mol. The molecule has 9 nitrogen and oxygen atoms in total. The minimum Gasteiger partial charge on any atom is -0.456 e. The van der Waals surface area contributed by atoms with Crippen molar-refractivity contribution < 1.29 is 4.42 Å². The highest BCUT2D eigenvalue weighted by Gasteiger charge is 2.20. The lowest BCUT2D eigenvalue weighted by Gasteiger charge is -2.15. The fourth-order valence-corrected chi connectivity index (χ4v) is 9.37. The van der Waals surface area contributed by atoms with E-state index in [1.165, 1.54) is 0 Å². The maximum absolute atomic E-state index is 9.91. The smallest absolute Gasteiger partial charge is 0.189 e. The maximum atomic E-state index is 9.91. The summed E-state index contributed by atoms with van der Waals surface area (Å²) in [5.74, 6) is 1.58. The number of benzene rings is 9. The van der Waals surface area contributed by atoms with Gasteiger partial charge in [-0.1, -0.05) is 97.1 Å². The molecule has 0 radical (unpaired) electrons. The fraction of sp³-hybridized carbons (Fsp3) is 0. The molecular weight excluding hydrogens is 861 g/mol. The Morgan fingerprint density at radius 2 is 0.857 bits per heavy atom. The normalized spacial score (nSPS) is 11.1. The van der Waals surface area contributed by atoms with Crippen LogP contribution in [-0.4, -0.2) is 19.5 Å². The first-order valence-electron chi connectivity index (χ1n) is 22.3. The van der Waals surface area contributed by atoms with E-state index in [4.69, 9.17) is 25.9 Å². The Morgan fingerprint density at radius 3 is 1.44 bits per heavy atom. The molecule has 9 aromatic carbocycles. The predicted molar refractivity (Wildman–Crippen MR) is 274 cm³/mol. The summed E-state index contributed by atoms with van der Waals surface area (Å²) in [6.45, 7) is 7.77. The van der Waals surface area contributed by atoms with Gasteiger partial charge in [0.1, 0.15) is 11.2 Å². The van der Waals surface area contributed by atoms with Gasteiger partial charge in [0, 0.05) is 49.5 Å². The van der Waals surface area contributed by atoms with Crippen LogP contribution in [0.2, 0.25) is 0 Å². The van der Waals surface area contributed by atoms with Crippen LogP contribution in [0, 0.1) is 40.6 Å². The topological polar surface area (TPSA) is 132 Å². The van der Waals surface area contributed by atoms with Crippen LogP contribution in [-0.2, 0) is 0 Å². The molecule has 0 N–H and O–H groups in total. The van der Waals surface area contributed by atoms with E-state index in [9.17, 15) is 15.8 Å². The molecule has 0 aliphatic carbocycles. The quantitative estimate of drug-likeness (QED) is 0.145. The summed E-state index contributed by atoms with van der Waals surface area (Å²) in [4.78, 5) is 19.0. The molecule has 0 saturated carbocycles. The SMILES string of the molecule is [C-]#[N+]c1cc(C#N)cc(-c2ccc3c(c2)c2cc(-c4cc(C#N)cc(C#N)c4)ccc2n3-c2cc(-c3ccc4oc5ccccc5c4c3)cc(-c3nc(-c4ccccc4)nc(-c4ccccc4)n3)c2)c1. The number of nitrogens with zero attached hydrogens (tertiary/aromatic N) is 8. The van der Waals surface area contributed by atoms with Crippen LogP contribution in [0.3, 0.4) is 0 Å². The van der Waals surface area contributed by atoms with Crippen molar-refractivity contribution in [1.29, 1.82) is 15.8 Å². The summed E-state index contributed by atoms with van der Waals surface area (Å²) in [6, 6.07) is 69.9. The van der Waals surface area contributed by atoms with Crippen molar-refractivity contribution in [1.82, 2.24) is 19.5 Å². The third-order valence-electron chi connectivity index (χ3n) is 12.6. The second-order valence-corrected chi connectivity index (χ2v) is 16.9. The third kappa shape index (κ3) is 7.23. The van der Waals surface area contributed by atoms with Crippen LogP contribution in [0.5, 0.6) is 0 Å². The highest BCUT2D eigenvalue weighted by molar-refractivity contribution is 6.12. The number of furan rings is 1. The van der Waals surface area contributed by atoms with E-state index in [2.05, 4.69) is 88.3 Å². The number of nitriles is 3. The van der Waals surface area contributed by atoms with Gasteiger partial charge in [-0.25, -0.2) is 19.8 Å². The lowest BCUT2D eigenvalue weighted by molar-refractivity contribution is 0.669. The van der Waals surface area contributed by atoms with Crippen molar-refractivity contribution in [2.75, 3.05) is 0 Å². The highest BCUT2D eigenvalue weighted by Crippen LogP contribution is 2.41.